The highest BCUT2D eigenvalue weighted by Crippen LogP contribution is 2.17. The van der Waals surface area contributed by atoms with Crippen molar-refractivity contribution >= 4 is 23.3 Å². The molecule has 0 amide bonds. The lowest BCUT2D eigenvalue weighted by Gasteiger charge is -2.16. The highest BCUT2D eigenvalue weighted by Gasteiger charge is 2.21. The van der Waals surface area contributed by atoms with E-state index in [1.54, 1.807) is 18.2 Å². The number of para-hydroxylation sites is 1. The van der Waals surface area contributed by atoms with Gasteiger partial charge in [-0.05, 0) is 26.0 Å². The second kappa shape index (κ2) is 9.14. The van der Waals surface area contributed by atoms with Gasteiger partial charge < -0.3 is 19.5 Å². The molecule has 166 valence electrons. The summed E-state index contributed by atoms with van der Waals surface area (Å²) < 4.78 is 9.15. The number of benzene rings is 1. The molecule has 3 N–H and O–H groups in total. The molecule has 1 aromatic carbocycles. The maximum Gasteiger partial charge on any atom is 0.332 e. The van der Waals surface area contributed by atoms with Crippen LogP contribution in [0.2, 0.25) is 0 Å². The number of aromatic nitrogens is 4. The van der Waals surface area contributed by atoms with Crippen LogP contribution in [-0.2, 0) is 25.4 Å². The van der Waals surface area contributed by atoms with E-state index in [1.807, 2.05) is 13.8 Å². The van der Waals surface area contributed by atoms with E-state index < -0.39 is 17.4 Å². The molecule has 2 heterocycles. The number of phenolic OH excluding ortho intramolecular Hbond substituents is 1. The molecule has 0 saturated heterocycles. The third-order valence-electron chi connectivity index (χ3n) is 4.67. The summed E-state index contributed by atoms with van der Waals surface area (Å²) in [6.07, 6.45) is 0.405. The summed E-state index contributed by atoms with van der Waals surface area (Å²) in [6, 6.07) is 6.65. The number of hydrazone groups is 1. The number of anilines is 1. The third-order valence-corrected chi connectivity index (χ3v) is 4.67. The van der Waals surface area contributed by atoms with Gasteiger partial charge in [-0.25, -0.2) is 10.2 Å². The fourth-order valence-electron chi connectivity index (χ4n) is 3.03. The Bertz CT molecular complexity index is 1220. The van der Waals surface area contributed by atoms with Crippen molar-refractivity contribution in [3.8, 4) is 5.75 Å². The van der Waals surface area contributed by atoms with Crippen molar-refractivity contribution < 1.29 is 14.9 Å². The molecule has 1 atom stereocenters. The van der Waals surface area contributed by atoms with Crippen molar-refractivity contribution in [1.29, 1.82) is 0 Å². The Morgan fingerprint density at radius 2 is 1.94 bits per heavy atom. The average Bonchev–Trinajstić information content (AvgIpc) is 3.09. The second-order valence-electron chi connectivity index (χ2n) is 7.39. The molecule has 0 spiro atoms. The predicted octanol–water partition coefficient (Wildman–Crippen LogP) is 0.371. The molecule has 0 bridgehead atoms. The van der Waals surface area contributed by atoms with Crippen LogP contribution in [0.5, 0.6) is 5.75 Å². The Hall–Kier alpha value is -3.44. The lowest BCUT2D eigenvalue weighted by Crippen LogP contribution is -2.38. The van der Waals surface area contributed by atoms with Crippen molar-refractivity contribution in [3.63, 3.8) is 0 Å². The average molecular weight is 430 g/mol. The number of nitrogens with zero attached hydrogens (tertiary/aromatic N) is 5. The van der Waals surface area contributed by atoms with Crippen LogP contribution < -0.4 is 16.7 Å². The number of imidazole rings is 1. The number of aromatic hydroxyl groups is 1. The van der Waals surface area contributed by atoms with E-state index in [1.165, 1.54) is 35.5 Å². The summed E-state index contributed by atoms with van der Waals surface area (Å²) in [5.41, 5.74) is 2.46. The topological polar surface area (TPSA) is 136 Å². The van der Waals surface area contributed by atoms with Crippen LogP contribution in [-0.4, -0.2) is 53.9 Å². The molecule has 2 aromatic heterocycles. The van der Waals surface area contributed by atoms with Gasteiger partial charge in [0.2, 0.25) is 5.95 Å². The molecule has 0 aliphatic carbocycles. The summed E-state index contributed by atoms with van der Waals surface area (Å²) in [4.78, 5) is 29.4. The molecule has 11 heteroatoms. The highest BCUT2D eigenvalue weighted by molar-refractivity contribution is 5.83. The molecule has 0 aliphatic heterocycles. The van der Waals surface area contributed by atoms with Crippen LogP contribution in [0.3, 0.4) is 0 Å². The molecule has 0 fully saturated rings. The molecule has 31 heavy (non-hydrogen) atoms. The van der Waals surface area contributed by atoms with Crippen LogP contribution in [0.15, 0.2) is 39.0 Å². The maximum atomic E-state index is 12.8. The first kappa shape index (κ1) is 22.2. The number of aryl methyl sites for hydroxylation is 1. The van der Waals surface area contributed by atoms with Crippen LogP contribution in [0, 0.1) is 0 Å². The predicted molar refractivity (Wildman–Crippen MR) is 117 cm³/mol. The Morgan fingerprint density at radius 3 is 2.61 bits per heavy atom. The SMILES string of the molecule is CC(C)OC[C@H](O)Cn1c(N/N=C\c2ccccc2O)nc2c1c(=O)n(C)c(=O)n2C. The van der Waals surface area contributed by atoms with E-state index in [9.17, 15) is 19.8 Å². The van der Waals surface area contributed by atoms with Gasteiger partial charge >= 0.3 is 5.69 Å². The highest BCUT2D eigenvalue weighted by atomic mass is 16.5. The monoisotopic (exact) mass is 430 g/mol. The molecule has 3 rings (SSSR count). The minimum absolute atomic E-state index is 0.00883. The van der Waals surface area contributed by atoms with Gasteiger partial charge in [0.1, 0.15) is 5.75 Å². The number of rotatable bonds is 8. The molecule has 11 nitrogen and oxygen atoms in total. The number of hydrogen-bond donors (Lipinski definition) is 3. The fourth-order valence-corrected chi connectivity index (χ4v) is 3.03. The normalized spacial score (nSPS) is 12.8. The second-order valence-corrected chi connectivity index (χ2v) is 7.39. The Kier molecular flexibility index (Phi) is 6.56. The number of hydrogen-bond acceptors (Lipinski definition) is 8. The zero-order valence-corrected chi connectivity index (χ0v) is 17.8. The number of nitrogens with one attached hydrogen (secondary N) is 1. The first-order valence-corrected chi connectivity index (χ1v) is 9.73. The van der Waals surface area contributed by atoms with Gasteiger partial charge in [0.25, 0.3) is 5.56 Å². The van der Waals surface area contributed by atoms with E-state index >= 15 is 0 Å². The fraction of sp³-hybridized carbons (Fsp3) is 0.400. The summed E-state index contributed by atoms with van der Waals surface area (Å²) in [6.45, 7) is 3.76. The molecule has 0 unspecified atom stereocenters. The van der Waals surface area contributed by atoms with Gasteiger partial charge in [-0.1, -0.05) is 12.1 Å². The molecule has 0 aliphatic rings. The summed E-state index contributed by atoms with van der Waals surface area (Å²) >= 11 is 0. The van der Waals surface area contributed by atoms with E-state index in [0.29, 0.717) is 5.56 Å². The molecular formula is C20H26N6O5. The third kappa shape index (κ3) is 4.67. The van der Waals surface area contributed by atoms with Crippen molar-refractivity contribution in [2.45, 2.75) is 32.6 Å². The number of aliphatic hydroxyl groups is 1. The first-order chi connectivity index (χ1) is 14.7. The van der Waals surface area contributed by atoms with E-state index in [-0.39, 0.29) is 42.1 Å². The van der Waals surface area contributed by atoms with Gasteiger partial charge in [-0.3, -0.25) is 13.9 Å². The van der Waals surface area contributed by atoms with Crippen molar-refractivity contribution in [2.75, 3.05) is 12.0 Å². The summed E-state index contributed by atoms with van der Waals surface area (Å²) in [5.74, 6) is 0.211. The Morgan fingerprint density at radius 1 is 1.23 bits per heavy atom. The first-order valence-electron chi connectivity index (χ1n) is 9.73. The van der Waals surface area contributed by atoms with Gasteiger partial charge in [0.05, 0.1) is 31.6 Å². The van der Waals surface area contributed by atoms with Crippen molar-refractivity contribution in [1.82, 2.24) is 18.7 Å². The van der Waals surface area contributed by atoms with Crippen LogP contribution >= 0.6 is 0 Å². The van der Waals surface area contributed by atoms with Gasteiger partial charge in [0.15, 0.2) is 11.2 Å². The van der Waals surface area contributed by atoms with Gasteiger partial charge in [0, 0.05) is 19.7 Å². The van der Waals surface area contributed by atoms with Crippen LogP contribution in [0.1, 0.15) is 19.4 Å². The lowest BCUT2D eigenvalue weighted by atomic mass is 10.2. The molecule has 0 radical (unpaired) electrons. The Labute approximate surface area is 177 Å². The van der Waals surface area contributed by atoms with Gasteiger partial charge in [-0.2, -0.15) is 10.1 Å². The van der Waals surface area contributed by atoms with E-state index in [0.717, 1.165) is 4.57 Å². The zero-order chi connectivity index (χ0) is 22.7. The number of ether oxygens (including phenoxy) is 1. The summed E-state index contributed by atoms with van der Waals surface area (Å²) in [5, 5.41) is 24.4. The number of fused-ring (bicyclic) bond motifs is 1. The minimum atomic E-state index is -0.926. The van der Waals surface area contributed by atoms with Crippen molar-refractivity contribution in [3.05, 3.63) is 50.7 Å². The number of phenols is 1. The summed E-state index contributed by atoms with van der Waals surface area (Å²) in [7, 11) is 2.89. The molecule has 0 saturated carbocycles. The lowest BCUT2D eigenvalue weighted by molar-refractivity contribution is -0.000109. The number of aliphatic hydroxyl groups excluding tert-OH is 1. The Balaban J connectivity index is 2.03. The quantitative estimate of drug-likeness (QED) is 0.347. The van der Waals surface area contributed by atoms with Crippen LogP contribution in [0.25, 0.3) is 11.2 Å². The van der Waals surface area contributed by atoms with Crippen LogP contribution in [0.4, 0.5) is 5.95 Å². The van der Waals surface area contributed by atoms with Gasteiger partial charge in [-0.15, -0.1) is 0 Å². The smallest absolute Gasteiger partial charge is 0.332 e. The molecule has 3 aromatic rings. The largest absolute Gasteiger partial charge is 0.507 e. The van der Waals surface area contributed by atoms with Crippen molar-refractivity contribution in [2.24, 2.45) is 19.2 Å². The molecular weight excluding hydrogens is 404 g/mol. The zero-order valence-electron chi connectivity index (χ0n) is 17.8. The standard InChI is InChI=1S/C20H26N6O5/c1-12(2)31-11-14(27)10-26-16-17(24(3)20(30)25(4)18(16)29)22-19(26)23-21-9-13-7-5-6-8-15(13)28/h5-9,12,14,27-28H,10-11H2,1-4H3,(H,22,23)/b21-9-/t14-/m1/s1. The van der Waals surface area contributed by atoms with E-state index in [2.05, 4.69) is 15.5 Å². The van der Waals surface area contributed by atoms with E-state index in [4.69, 9.17) is 4.74 Å². The minimum Gasteiger partial charge on any atom is -0.507 e. The maximum absolute atomic E-state index is 12.8.